The summed E-state index contributed by atoms with van der Waals surface area (Å²) in [5.74, 6) is 0.0387. The van der Waals surface area contributed by atoms with E-state index in [4.69, 9.17) is 15.2 Å². The number of H-pyrrole nitrogens is 1. The molecule has 3 N–H and O–H groups in total. The van der Waals surface area contributed by atoms with Crippen molar-refractivity contribution in [2.75, 3.05) is 20.0 Å². The van der Waals surface area contributed by atoms with E-state index in [0.29, 0.717) is 22.7 Å². The number of benzene rings is 1. The van der Waals surface area contributed by atoms with Gasteiger partial charge in [0.15, 0.2) is 11.6 Å². The molecule has 5 nitrogen and oxygen atoms in total. The molecule has 0 aliphatic rings. The number of anilines is 1. The monoisotopic (exact) mass is 237 g/mol. The Balaban J connectivity index is 2.73. The van der Waals surface area contributed by atoms with Gasteiger partial charge in [0.25, 0.3) is 0 Å². The molecule has 0 radical (unpaired) electrons. The Hall–Kier alpha value is -2.24. The number of nitrogen functional groups attached to an aromatic ring is 1. The maximum absolute atomic E-state index is 13.6. The molecule has 2 rings (SSSR count). The predicted octanol–water partition coefficient (Wildman–Crippen LogP) is 1.82. The summed E-state index contributed by atoms with van der Waals surface area (Å²) in [6, 6.07) is 2.78. The van der Waals surface area contributed by atoms with E-state index in [-0.39, 0.29) is 5.75 Å². The molecule has 0 saturated carbocycles. The number of aromatic nitrogens is 2. The highest BCUT2D eigenvalue weighted by atomic mass is 19.1. The van der Waals surface area contributed by atoms with Crippen molar-refractivity contribution in [3.05, 3.63) is 24.1 Å². The van der Waals surface area contributed by atoms with Crippen molar-refractivity contribution in [2.45, 2.75) is 0 Å². The largest absolute Gasteiger partial charge is 0.496 e. The van der Waals surface area contributed by atoms with Crippen LogP contribution in [-0.2, 0) is 0 Å². The van der Waals surface area contributed by atoms with E-state index in [0.717, 1.165) is 0 Å². The van der Waals surface area contributed by atoms with Crippen LogP contribution < -0.4 is 15.2 Å². The molecule has 0 aliphatic heterocycles. The van der Waals surface area contributed by atoms with Gasteiger partial charge in [0.05, 0.1) is 37.4 Å². The third-order valence-corrected chi connectivity index (χ3v) is 2.41. The van der Waals surface area contributed by atoms with Gasteiger partial charge in [0, 0.05) is 0 Å². The summed E-state index contributed by atoms with van der Waals surface area (Å²) in [6.45, 7) is 0. The zero-order chi connectivity index (χ0) is 12.4. The summed E-state index contributed by atoms with van der Waals surface area (Å²) in [5.41, 5.74) is 7.03. The fourth-order valence-corrected chi connectivity index (χ4v) is 1.64. The van der Waals surface area contributed by atoms with Crippen molar-refractivity contribution in [3.8, 4) is 22.8 Å². The first-order chi connectivity index (χ1) is 8.19. The van der Waals surface area contributed by atoms with Crippen LogP contribution in [0.5, 0.6) is 11.5 Å². The number of nitrogens with zero attached hydrogens (tertiary/aromatic N) is 1. The van der Waals surface area contributed by atoms with Gasteiger partial charge in [-0.1, -0.05) is 0 Å². The molecule has 0 atom stereocenters. The Labute approximate surface area is 97.3 Å². The molecule has 0 bridgehead atoms. The first-order valence-electron chi connectivity index (χ1n) is 4.88. The summed E-state index contributed by atoms with van der Waals surface area (Å²) in [6.07, 6.45) is 1.44. The molecule has 2 aromatic rings. The summed E-state index contributed by atoms with van der Waals surface area (Å²) < 4.78 is 23.8. The number of nitrogens with one attached hydrogen (secondary N) is 1. The van der Waals surface area contributed by atoms with Crippen molar-refractivity contribution < 1.29 is 13.9 Å². The summed E-state index contributed by atoms with van der Waals surface area (Å²) in [7, 11) is 2.87. The topological polar surface area (TPSA) is 73.2 Å². The molecular weight excluding hydrogens is 225 g/mol. The van der Waals surface area contributed by atoms with Crippen LogP contribution >= 0.6 is 0 Å². The van der Waals surface area contributed by atoms with Crippen LogP contribution in [0.15, 0.2) is 18.3 Å². The lowest BCUT2D eigenvalue weighted by molar-refractivity contribution is 0.376. The number of methoxy groups -OCH3 is 2. The van der Waals surface area contributed by atoms with Crippen LogP contribution in [0, 0.1) is 5.82 Å². The molecule has 90 valence electrons. The lowest BCUT2D eigenvalue weighted by atomic mass is 10.1. The maximum Gasteiger partial charge on any atom is 0.167 e. The van der Waals surface area contributed by atoms with Gasteiger partial charge in [0.1, 0.15) is 5.75 Å². The van der Waals surface area contributed by atoms with Crippen molar-refractivity contribution in [1.82, 2.24) is 10.2 Å². The Bertz CT molecular complexity index is 540. The first-order valence-corrected chi connectivity index (χ1v) is 4.88. The third-order valence-electron chi connectivity index (χ3n) is 2.41. The zero-order valence-corrected chi connectivity index (χ0v) is 9.45. The van der Waals surface area contributed by atoms with Gasteiger partial charge >= 0.3 is 0 Å². The van der Waals surface area contributed by atoms with Crippen LogP contribution in [0.2, 0.25) is 0 Å². The molecule has 0 spiro atoms. The predicted molar refractivity (Wildman–Crippen MR) is 61.5 cm³/mol. The highest BCUT2D eigenvalue weighted by Gasteiger charge is 2.20. The van der Waals surface area contributed by atoms with Gasteiger partial charge in [-0.25, -0.2) is 4.39 Å². The summed E-state index contributed by atoms with van der Waals surface area (Å²) >= 11 is 0. The molecule has 6 heteroatoms. The van der Waals surface area contributed by atoms with E-state index in [2.05, 4.69) is 10.2 Å². The lowest BCUT2D eigenvalue weighted by Crippen LogP contribution is -1.98. The standard InChI is InChI=1S/C11H12FN3O2/c1-16-8-4-3-6(12)11(17-2)9(8)10-7(13)5-14-15-10/h3-5H,13H2,1-2H3,(H,14,15). The van der Waals surface area contributed by atoms with Gasteiger partial charge < -0.3 is 15.2 Å². The Kier molecular flexibility index (Phi) is 2.86. The molecular formula is C11H12FN3O2. The van der Waals surface area contributed by atoms with Gasteiger partial charge in [-0.15, -0.1) is 0 Å². The lowest BCUT2D eigenvalue weighted by Gasteiger charge is -2.12. The van der Waals surface area contributed by atoms with Crippen LogP contribution in [0.4, 0.5) is 10.1 Å². The third kappa shape index (κ3) is 1.77. The molecule has 17 heavy (non-hydrogen) atoms. The van der Waals surface area contributed by atoms with E-state index in [1.54, 1.807) is 0 Å². The van der Waals surface area contributed by atoms with E-state index in [1.807, 2.05) is 0 Å². The normalized spacial score (nSPS) is 10.3. The van der Waals surface area contributed by atoms with E-state index in [9.17, 15) is 4.39 Å². The number of rotatable bonds is 3. The number of hydrogen-bond acceptors (Lipinski definition) is 4. The molecule has 0 aliphatic carbocycles. The fourth-order valence-electron chi connectivity index (χ4n) is 1.64. The van der Waals surface area contributed by atoms with E-state index in [1.165, 1.54) is 32.5 Å². The Morgan fingerprint density at radius 3 is 2.59 bits per heavy atom. The second-order valence-electron chi connectivity index (χ2n) is 3.36. The van der Waals surface area contributed by atoms with Crippen molar-refractivity contribution >= 4 is 5.69 Å². The average Bonchev–Trinajstić information content (AvgIpc) is 2.74. The second-order valence-corrected chi connectivity index (χ2v) is 3.36. The van der Waals surface area contributed by atoms with Gasteiger partial charge in [-0.3, -0.25) is 5.10 Å². The number of aromatic amines is 1. The molecule has 0 unspecified atom stereocenters. The van der Waals surface area contributed by atoms with Crippen LogP contribution in [-0.4, -0.2) is 24.4 Å². The quantitative estimate of drug-likeness (QED) is 0.853. The fraction of sp³-hybridized carbons (Fsp3) is 0.182. The number of nitrogens with two attached hydrogens (primary N) is 1. The SMILES string of the molecule is COc1ccc(F)c(OC)c1-c1[nH]ncc1N. The van der Waals surface area contributed by atoms with Crippen molar-refractivity contribution in [1.29, 1.82) is 0 Å². The minimum Gasteiger partial charge on any atom is -0.496 e. The first kappa shape index (κ1) is 11.3. The molecule has 1 aromatic carbocycles. The van der Waals surface area contributed by atoms with E-state index < -0.39 is 5.82 Å². The average molecular weight is 237 g/mol. The highest BCUT2D eigenvalue weighted by Crippen LogP contribution is 2.41. The number of ether oxygens (including phenoxy) is 2. The molecule has 0 fully saturated rings. The van der Waals surface area contributed by atoms with Crippen molar-refractivity contribution in [2.24, 2.45) is 0 Å². The molecule has 0 saturated heterocycles. The zero-order valence-electron chi connectivity index (χ0n) is 9.45. The van der Waals surface area contributed by atoms with Crippen LogP contribution in [0.3, 0.4) is 0 Å². The van der Waals surface area contributed by atoms with Gasteiger partial charge in [0.2, 0.25) is 0 Å². The minimum absolute atomic E-state index is 0.0697. The van der Waals surface area contributed by atoms with Gasteiger partial charge in [-0.05, 0) is 12.1 Å². The van der Waals surface area contributed by atoms with Crippen LogP contribution in [0.25, 0.3) is 11.3 Å². The summed E-state index contributed by atoms with van der Waals surface area (Å²) in [5, 5.41) is 6.49. The van der Waals surface area contributed by atoms with Gasteiger partial charge in [-0.2, -0.15) is 5.10 Å². The minimum atomic E-state index is -0.489. The number of halogens is 1. The Morgan fingerprint density at radius 2 is 2.06 bits per heavy atom. The van der Waals surface area contributed by atoms with Crippen LogP contribution in [0.1, 0.15) is 0 Å². The smallest absolute Gasteiger partial charge is 0.167 e. The summed E-state index contributed by atoms with van der Waals surface area (Å²) in [4.78, 5) is 0. The number of hydrogen-bond donors (Lipinski definition) is 2. The highest BCUT2D eigenvalue weighted by molar-refractivity contribution is 5.81. The Morgan fingerprint density at radius 1 is 1.29 bits per heavy atom. The molecule has 1 aromatic heterocycles. The van der Waals surface area contributed by atoms with E-state index >= 15 is 0 Å². The maximum atomic E-state index is 13.6. The van der Waals surface area contributed by atoms with Crippen molar-refractivity contribution in [3.63, 3.8) is 0 Å². The molecule has 0 amide bonds. The molecule has 1 heterocycles. The second kappa shape index (κ2) is 4.32.